The quantitative estimate of drug-likeness (QED) is 0.405. The van der Waals surface area contributed by atoms with Gasteiger partial charge in [-0.15, -0.1) is 0 Å². The third-order valence-electron chi connectivity index (χ3n) is 6.30. The molecule has 2 atom stereocenters. The van der Waals surface area contributed by atoms with Crippen molar-refractivity contribution in [2.24, 2.45) is 11.8 Å². The van der Waals surface area contributed by atoms with Crippen LogP contribution in [-0.2, 0) is 9.59 Å². The zero-order valence-electron chi connectivity index (χ0n) is 18.7. The summed E-state index contributed by atoms with van der Waals surface area (Å²) in [7, 11) is 0. The van der Waals surface area contributed by atoms with E-state index >= 15 is 0 Å². The van der Waals surface area contributed by atoms with Gasteiger partial charge in [0.2, 0.25) is 11.8 Å². The first-order chi connectivity index (χ1) is 16.5. The molecule has 170 valence electrons. The second-order valence-corrected chi connectivity index (χ2v) is 8.63. The van der Waals surface area contributed by atoms with Gasteiger partial charge < -0.3 is 10.1 Å². The van der Waals surface area contributed by atoms with E-state index in [1.54, 1.807) is 48.5 Å². The summed E-state index contributed by atoms with van der Waals surface area (Å²) in [6.45, 7) is 1.98. The van der Waals surface area contributed by atoms with Crippen LogP contribution < -0.4 is 15.0 Å². The van der Waals surface area contributed by atoms with Crippen molar-refractivity contribution in [3.63, 3.8) is 0 Å². The Morgan fingerprint density at radius 1 is 0.853 bits per heavy atom. The van der Waals surface area contributed by atoms with E-state index in [9.17, 15) is 14.4 Å². The molecule has 5 rings (SSSR count). The molecule has 1 N–H and O–H groups in total. The van der Waals surface area contributed by atoms with Crippen molar-refractivity contribution in [2.75, 3.05) is 10.2 Å². The summed E-state index contributed by atoms with van der Waals surface area (Å²) in [5.41, 5.74) is 2.30. The molecule has 0 bridgehead atoms. The Hall–Kier alpha value is -4.19. The number of amides is 3. The van der Waals surface area contributed by atoms with Gasteiger partial charge in [-0.25, -0.2) is 4.90 Å². The van der Waals surface area contributed by atoms with E-state index in [2.05, 4.69) is 5.32 Å². The lowest BCUT2D eigenvalue weighted by Gasteiger charge is -2.19. The lowest BCUT2D eigenvalue weighted by molar-refractivity contribution is -0.122. The van der Waals surface area contributed by atoms with Crippen LogP contribution in [0.5, 0.6) is 11.5 Å². The second-order valence-electron chi connectivity index (χ2n) is 8.63. The number of anilines is 2. The number of fused-ring (bicyclic) bond motifs is 1. The number of nitrogens with one attached hydrogen (secondary N) is 1. The number of hydrogen-bond donors (Lipinski definition) is 1. The van der Waals surface area contributed by atoms with E-state index in [4.69, 9.17) is 4.74 Å². The topological polar surface area (TPSA) is 75.7 Å². The maximum atomic E-state index is 13.1. The minimum atomic E-state index is -0.392. The third kappa shape index (κ3) is 4.10. The van der Waals surface area contributed by atoms with Crippen LogP contribution in [0.3, 0.4) is 0 Å². The Kier molecular flexibility index (Phi) is 5.72. The number of nitrogens with zero attached hydrogens (tertiary/aromatic N) is 1. The zero-order valence-corrected chi connectivity index (χ0v) is 18.7. The van der Waals surface area contributed by atoms with Gasteiger partial charge in [0, 0.05) is 5.69 Å². The summed E-state index contributed by atoms with van der Waals surface area (Å²) in [5, 5.41) is 2.86. The standard InChI is InChI=1S/C28H24N2O4/c1-18-11-16-22-24(17-18)28(33)30(27(22)32)25-10-6-5-9-23(25)26(31)29-19-12-14-21(15-13-19)34-20-7-3-2-4-8-20/h2-15,22,24H,16-17H2,1H3,(H,29,31)/t22-,24+/m0/s1. The summed E-state index contributed by atoms with van der Waals surface area (Å²) in [4.78, 5) is 40.6. The maximum absolute atomic E-state index is 13.1. The van der Waals surface area contributed by atoms with E-state index in [1.807, 2.05) is 43.3 Å². The van der Waals surface area contributed by atoms with Gasteiger partial charge in [-0.05, 0) is 68.3 Å². The van der Waals surface area contributed by atoms with Gasteiger partial charge in [0.1, 0.15) is 11.5 Å². The molecule has 6 nitrogen and oxygen atoms in total. The van der Waals surface area contributed by atoms with Crippen LogP contribution in [0, 0.1) is 11.8 Å². The first-order valence-electron chi connectivity index (χ1n) is 11.3. The molecular formula is C28H24N2O4. The Morgan fingerprint density at radius 3 is 2.26 bits per heavy atom. The average Bonchev–Trinajstić information content (AvgIpc) is 3.10. The lowest BCUT2D eigenvalue weighted by Crippen LogP contribution is -2.33. The van der Waals surface area contributed by atoms with Crippen LogP contribution in [0.4, 0.5) is 11.4 Å². The normalized spacial score (nSPS) is 19.4. The molecule has 2 aliphatic rings. The van der Waals surface area contributed by atoms with Gasteiger partial charge in [0.25, 0.3) is 5.91 Å². The van der Waals surface area contributed by atoms with Gasteiger partial charge in [0.15, 0.2) is 0 Å². The molecule has 34 heavy (non-hydrogen) atoms. The van der Waals surface area contributed by atoms with Crippen LogP contribution in [0.2, 0.25) is 0 Å². The van der Waals surface area contributed by atoms with Crippen molar-refractivity contribution in [1.29, 1.82) is 0 Å². The highest BCUT2D eigenvalue weighted by Gasteiger charge is 2.49. The summed E-state index contributed by atoms with van der Waals surface area (Å²) in [6.07, 6.45) is 3.17. The molecule has 1 fully saturated rings. The summed E-state index contributed by atoms with van der Waals surface area (Å²) < 4.78 is 5.79. The van der Waals surface area contributed by atoms with E-state index in [-0.39, 0.29) is 29.2 Å². The van der Waals surface area contributed by atoms with Crippen molar-refractivity contribution in [3.8, 4) is 11.5 Å². The molecule has 1 aliphatic carbocycles. The molecule has 1 aliphatic heterocycles. The predicted molar refractivity (Wildman–Crippen MR) is 130 cm³/mol. The number of carbonyl (C=O) groups excluding carboxylic acids is 3. The molecular weight excluding hydrogens is 428 g/mol. The highest BCUT2D eigenvalue weighted by atomic mass is 16.5. The van der Waals surface area contributed by atoms with E-state index in [0.717, 1.165) is 11.3 Å². The van der Waals surface area contributed by atoms with Crippen LogP contribution in [0.1, 0.15) is 30.1 Å². The smallest absolute Gasteiger partial charge is 0.257 e. The third-order valence-corrected chi connectivity index (χ3v) is 6.30. The van der Waals surface area contributed by atoms with E-state index < -0.39 is 5.91 Å². The predicted octanol–water partition coefficient (Wildman–Crippen LogP) is 5.58. The highest BCUT2D eigenvalue weighted by molar-refractivity contribution is 6.25. The van der Waals surface area contributed by atoms with Crippen LogP contribution in [0.25, 0.3) is 0 Å². The van der Waals surface area contributed by atoms with Crippen molar-refractivity contribution < 1.29 is 19.1 Å². The Balaban J connectivity index is 1.34. The van der Waals surface area contributed by atoms with Gasteiger partial charge in [-0.3, -0.25) is 14.4 Å². The molecule has 3 amide bonds. The number of carbonyl (C=O) groups is 3. The first kappa shape index (κ1) is 21.6. The average molecular weight is 453 g/mol. The van der Waals surface area contributed by atoms with Gasteiger partial charge in [-0.1, -0.05) is 42.0 Å². The number of benzene rings is 3. The molecule has 0 saturated carbocycles. The first-order valence-corrected chi connectivity index (χ1v) is 11.3. The second kappa shape index (κ2) is 8.98. The minimum Gasteiger partial charge on any atom is -0.457 e. The van der Waals surface area contributed by atoms with Crippen molar-refractivity contribution in [3.05, 3.63) is 96.1 Å². The molecule has 0 aromatic heterocycles. The van der Waals surface area contributed by atoms with Gasteiger partial charge in [0.05, 0.1) is 23.1 Å². The Morgan fingerprint density at radius 2 is 1.50 bits per heavy atom. The van der Waals surface area contributed by atoms with Crippen molar-refractivity contribution in [2.45, 2.75) is 19.8 Å². The molecule has 3 aromatic carbocycles. The monoisotopic (exact) mass is 452 g/mol. The highest BCUT2D eigenvalue weighted by Crippen LogP contribution is 2.40. The number of imide groups is 1. The summed E-state index contributed by atoms with van der Waals surface area (Å²) in [5.74, 6) is -0.206. The SMILES string of the molecule is CC1=CC[C@@H]2C(=O)N(c3ccccc3C(=O)Nc3ccc(Oc4ccccc4)cc3)C(=O)[C@@H]2C1. The van der Waals surface area contributed by atoms with E-state index in [0.29, 0.717) is 30.0 Å². The minimum absolute atomic E-state index is 0.231. The van der Waals surface area contributed by atoms with Crippen LogP contribution in [0.15, 0.2) is 90.5 Å². The number of hydrogen-bond acceptors (Lipinski definition) is 4. The van der Waals surface area contributed by atoms with Crippen molar-refractivity contribution >= 4 is 29.1 Å². The molecule has 0 spiro atoms. The molecule has 0 unspecified atom stereocenters. The molecule has 0 radical (unpaired) electrons. The summed E-state index contributed by atoms with van der Waals surface area (Å²) in [6, 6.07) is 23.2. The largest absolute Gasteiger partial charge is 0.457 e. The zero-order chi connectivity index (χ0) is 23.7. The fourth-order valence-corrected chi connectivity index (χ4v) is 4.56. The van der Waals surface area contributed by atoms with Gasteiger partial charge in [-0.2, -0.15) is 0 Å². The molecule has 1 saturated heterocycles. The molecule has 3 aromatic rings. The fraction of sp³-hybridized carbons (Fsp3) is 0.179. The van der Waals surface area contributed by atoms with Crippen LogP contribution >= 0.6 is 0 Å². The van der Waals surface area contributed by atoms with Gasteiger partial charge >= 0.3 is 0 Å². The number of para-hydroxylation sites is 2. The maximum Gasteiger partial charge on any atom is 0.257 e. The lowest BCUT2D eigenvalue weighted by atomic mass is 9.82. The Labute approximate surface area is 197 Å². The number of rotatable bonds is 5. The number of ether oxygens (including phenoxy) is 1. The van der Waals surface area contributed by atoms with Crippen LogP contribution in [-0.4, -0.2) is 17.7 Å². The fourth-order valence-electron chi connectivity index (χ4n) is 4.56. The molecule has 6 heteroatoms. The Bertz CT molecular complexity index is 1280. The van der Waals surface area contributed by atoms with Crippen molar-refractivity contribution in [1.82, 2.24) is 0 Å². The number of allylic oxidation sites excluding steroid dienone is 2. The molecule has 1 heterocycles. The van der Waals surface area contributed by atoms with E-state index in [1.165, 1.54) is 4.90 Å². The summed E-state index contributed by atoms with van der Waals surface area (Å²) >= 11 is 0.